The summed E-state index contributed by atoms with van der Waals surface area (Å²) in [5.41, 5.74) is 4.34. The number of aromatic nitrogens is 2. The first-order chi connectivity index (χ1) is 12.8. The minimum Gasteiger partial charge on any atom is -0.356 e. The van der Waals surface area contributed by atoms with Crippen LogP contribution in [-0.4, -0.2) is 15.3 Å². The summed E-state index contributed by atoms with van der Waals surface area (Å²) in [7, 11) is 0. The van der Waals surface area contributed by atoms with Gasteiger partial charge in [-0.05, 0) is 48.5 Å². The summed E-state index contributed by atoms with van der Waals surface area (Å²) in [6, 6.07) is 23.4. The van der Waals surface area contributed by atoms with E-state index in [1.165, 1.54) is 0 Å². The quantitative estimate of drug-likeness (QED) is 0.570. The van der Waals surface area contributed by atoms with Crippen LogP contribution < -0.4 is 10.6 Å². The summed E-state index contributed by atoms with van der Waals surface area (Å²) < 4.78 is 1.91. The van der Waals surface area contributed by atoms with E-state index in [1.807, 2.05) is 89.6 Å². The Morgan fingerprint density at radius 1 is 0.846 bits per heavy atom. The summed E-state index contributed by atoms with van der Waals surface area (Å²) in [4.78, 5) is 16.7. The van der Waals surface area contributed by atoms with Crippen molar-refractivity contribution in [3.8, 4) is 0 Å². The van der Waals surface area contributed by atoms with Crippen molar-refractivity contribution in [3.05, 3.63) is 90.9 Å². The molecule has 2 N–H and O–H groups in total. The second-order valence-corrected chi connectivity index (χ2v) is 5.99. The number of fused-ring (bicyclic) bond motifs is 1. The van der Waals surface area contributed by atoms with Gasteiger partial charge in [0.1, 0.15) is 5.65 Å². The van der Waals surface area contributed by atoms with Crippen molar-refractivity contribution >= 4 is 28.6 Å². The third kappa shape index (κ3) is 3.72. The van der Waals surface area contributed by atoms with E-state index in [0.29, 0.717) is 0 Å². The number of benzene rings is 2. The molecule has 5 nitrogen and oxygen atoms in total. The molecule has 0 saturated carbocycles. The minimum absolute atomic E-state index is 0.0859. The van der Waals surface area contributed by atoms with Crippen LogP contribution >= 0.6 is 0 Å². The average molecular weight is 342 g/mol. The fraction of sp³-hybridized carbons (Fsp3) is 0.0476. The number of carbonyl (C=O) groups excluding carboxylic acids is 1. The van der Waals surface area contributed by atoms with Crippen LogP contribution in [-0.2, 0) is 11.2 Å². The molecule has 4 rings (SSSR count). The molecule has 0 aliphatic heterocycles. The molecule has 2 aromatic carbocycles. The van der Waals surface area contributed by atoms with Gasteiger partial charge in [0.2, 0.25) is 5.91 Å². The van der Waals surface area contributed by atoms with Crippen LogP contribution in [0.5, 0.6) is 0 Å². The molecule has 128 valence electrons. The molecular formula is C21H18N4O. The van der Waals surface area contributed by atoms with Crippen molar-refractivity contribution in [3.63, 3.8) is 0 Å². The first-order valence-electron chi connectivity index (χ1n) is 8.41. The van der Waals surface area contributed by atoms with Gasteiger partial charge < -0.3 is 15.0 Å². The minimum atomic E-state index is -0.0859. The van der Waals surface area contributed by atoms with Gasteiger partial charge in [-0.15, -0.1) is 0 Å². The molecule has 0 spiro atoms. The molecule has 0 aliphatic carbocycles. The number of amides is 1. The molecule has 0 radical (unpaired) electrons. The third-order valence-corrected chi connectivity index (χ3v) is 3.99. The Kier molecular flexibility index (Phi) is 4.35. The predicted octanol–water partition coefficient (Wildman–Crippen LogP) is 4.26. The maximum atomic E-state index is 12.3. The molecule has 0 unspecified atom stereocenters. The number of rotatable bonds is 5. The normalized spacial score (nSPS) is 10.6. The van der Waals surface area contributed by atoms with E-state index >= 15 is 0 Å². The number of anilines is 3. The summed E-state index contributed by atoms with van der Waals surface area (Å²) in [5.74, 6) is -0.0859. The van der Waals surface area contributed by atoms with E-state index in [9.17, 15) is 4.79 Å². The molecule has 2 aromatic heterocycles. The van der Waals surface area contributed by atoms with Crippen molar-refractivity contribution < 1.29 is 4.79 Å². The van der Waals surface area contributed by atoms with E-state index in [0.717, 1.165) is 28.4 Å². The van der Waals surface area contributed by atoms with Gasteiger partial charge in [-0.2, -0.15) is 0 Å². The SMILES string of the molecule is O=C(Cc1cn2ccccc2n1)Nc1ccc(Nc2ccccc2)cc1. The van der Waals surface area contributed by atoms with Crippen LogP contribution in [0.3, 0.4) is 0 Å². The van der Waals surface area contributed by atoms with Crippen LogP contribution in [0.4, 0.5) is 17.1 Å². The summed E-state index contributed by atoms with van der Waals surface area (Å²) >= 11 is 0. The molecule has 0 fully saturated rings. The smallest absolute Gasteiger partial charge is 0.230 e. The van der Waals surface area contributed by atoms with Gasteiger partial charge in [0.05, 0.1) is 12.1 Å². The number of carbonyl (C=O) groups is 1. The fourth-order valence-corrected chi connectivity index (χ4v) is 2.77. The van der Waals surface area contributed by atoms with Gasteiger partial charge in [0, 0.05) is 29.5 Å². The lowest BCUT2D eigenvalue weighted by Gasteiger charge is -2.08. The molecule has 0 aliphatic rings. The number of nitrogens with one attached hydrogen (secondary N) is 2. The van der Waals surface area contributed by atoms with Gasteiger partial charge in [0.25, 0.3) is 0 Å². The van der Waals surface area contributed by atoms with E-state index in [-0.39, 0.29) is 12.3 Å². The molecular weight excluding hydrogens is 324 g/mol. The van der Waals surface area contributed by atoms with Crippen LogP contribution in [0.15, 0.2) is 85.2 Å². The zero-order valence-electron chi connectivity index (χ0n) is 14.1. The standard InChI is InChI=1S/C21H18N4O/c26-21(14-19-15-25-13-5-4-8-20(25)23-19)24-18-11-9-17(10-12-18)22-16-6-2-1-3-7-16/h1-13,15,22H,14H2,(H,24,26). The van der Waals surface area contributed by atoms with E-state index in [2.05, 4.69) is 15.6 Å². The van der Waals surface area contributed by atoms with Crippen LogP contribution in [0.2, 0.25) is 0 Å². The summed E-state index contributed by atoms with van der Waals surface area (Å²) in [6.45, 7) is 0. The Labute approximate surface area is 151 Å². The Bertz CT molecular complexity index is 990. The maximum absolute atomic E-state index is 12.3. The maximum Gasteiger partial charge on any atom is 0.230 e. The Morgan fingerprint density at radius 2 is 1.54 bits per heavy atom. The van der Waals surface area contributed by atoms with Gasteiger partial charge in [-0.3, -0.25) is 4.79 Å². The number of para-hydroxylation sites is 1. The van der Waals surface area contributed by atoms with Gasteiger partial charge >= 0.3 is 0 Å². The molecule has 0 atom stereocenters. The van der Waals surface area contributed by atoms with E-state index in [4.69, 9.17) is 0 Å². The third-order valence-electron chi connectivity index (χ3n) is 3.99. The zero-order valence-corrected chi connectivity index (χ0v) is 14.1. The lowest BCUT2D eigenvalue weighted by molar-refractivity contribution is -0.115. The van der Waals surface area contributed by atoms with Crippen molar-refractivity contribution in [2.45, 2.75) is 6.42 Å². The molecule has 0 saturated heterocycles. The predicted molar refractivity (Wildman–Crippen MR) is 104 cm³/mol. The lowest BCUT2D eigenvalue weighted by Crippen LogP contribution is -2.14. The fourth-order valence-electron chi connectivity index (χ4n) is 2.77. The van der Waals surface area contributed by atoms with E-state index < -0.39 is 0 Å². The molecule has 2 heterocycles. The van der Waals surface area contributed by atoms with Crippen molar-refractivity contribution in [1.82, 2.24) is 9.38 Å². The number of hydrogen-bond acceptors (Lipinski definition) is 3. The first-order valence-corrected chi connectivity index (χ1v) is 8.41. The van der Waals surface area contributed by atoms with Gasteiger partial charge in [-0.1, -0.05) is 24.3 Å². The molecule has 4 aromatic rings. The van der Waals surface area contributed by atoms with Crippen molar-refractivity contribution in [2.24, 2.45) is 0 Å². The Morgan fingerprint density at radius 3 is 2.31 bits per heavy atom. The molecule has 0 bridgehead atoms. The van der Waals surface area contributed by atoms with Crippen LogP contribution in [0.25, 0.3) is 5.65 Å². The van der Waals surface area contributed by atoms with Gasteiger partial charge in [-0.25, -0.2) is 4.98 Å². The van der Waals surface area contributed by atoms with Crippen molar-refractivity contribution in [1.29, 1.82) is 0 Å². The molecule has 26 heavy (non-hydrogen) atoms. The average Bonchev–Trinajstić information content (AvgIpc) is 3.06. The second kappa shape index (κ2) is 7.11. The monoisotopic (exact) mass is 342 g/mol. The van der Waals surface area contributed by atoms with Crippen LogP contribution in [0.1, 0.15) is 5.69 Å². The topological polar surface area (TPSA) is 58.4 Å². The Balaban J connectivity index is 1.38. The van der Waals surface area contributed by atoms with Gasteiger partial charge in [0.15, 0.2) is 0 Å². The zero-order chi connectivity index (χ0) is 17.8. The number of pyridine rings is 1. The number of nitrogens with zero attached hydrogens (tertiary/aromatic N) is 2. The highest BCUT2D eigenvalue weighted by molar-refractivity contribution is 5.92. The summed E-state index contributed by atoms with van der Waals surface area (Å²) in [5, 5.41) is 6.22. The highest BCUT2D eigenvalue weighted by Crippen LogP contribution is 2.18. The number of imidazole rings is 1. The second-order valence-electron chi connectivity index (χ2n) is 5.99. The molecule has 5 heteroatoms. The highest BCUT2D eigenvalue weighted by Gasteiger charge is 2.08. The molecule has 1 amide bonds. The first kappa shape index (κ1) is 15.9. The van der Waals surface area contributed by atoms with Crippen molar-refractivity contribution in [2.75, 3.05) is 10.6 Å². The Hall–Kier alpha value is -3.60. The van der Waals surface area contributed by atoms with E-state index in [1.54, 1.807) is 0 Å². The lowest BCUT2D eigenvalue weighted by atomic mass is 10.2. The highest BCUT2D eigenvalue weighted by atomic mass is 16.1. The largest absolute Gasteiger partial charge is 0.356 e. The number of hydrogen-bond donors (Lipinski definition) is 2. The summed E-state index contributed by atoms with van der Waals surface area (Å²) in [6.07, 6.45) is 4.04. The van der Waals surface area contributed by atoms with Crippen LogP contribution in [0, 0.1) is 0 Å².